The van der Waals surface area contributed by atoms with Gasteiger partial charge in [0.1, 0.15) is 36.6 Å². The van der Waals surface area contributed by atoms with Crippen molar-refractivity contribution in [3.8, 4) is 0 Å². The van der Waals surface area contributed by atoms with Crippen molar-refractivity contribution in [2.24, 2.45) is 0 Å². The number of hydrogen-bond donors (Lipinski definition) is 17. The Balaban J connectivity index is 2.96. The van der Waals surface area contributed by atoms with Crippen LogP contribution < -0.4 is 0 Å². The van der Waals surface area contributed by atoms with Gasteiger partial charge in [-0.15, -0.1) is 4.52 Å². The van der Waals surface area contributed by atoms with Gasteiger partial charge in [0.05, 0.1) is 13.2 Å². The lowest BCUT2D eigenvalue weighted by Gasteiger charge is -2.48. The van der Waals surface area contributed by atoms with Gasteiger partial charge in [0.2, 0.25) is 0 Å². The van der Waals surface area contributed by atoms with Crippen LogP contribution in [0.25, 0.3) is 0 Å². The number of phosphoric ester groups is 7. The van der Waals surface area contributed by atoms with Gasteiger partial charge >= 0.3 is 62.9 Å². The maximum Gasteiger partial charge on any atom is 0.567 e. The predicted molar refractivity (Wildman–Crippen MR) is 157 cm³/mol. The first-order chi connectivity index (χ1) is 24.2. The van der Waals surface area contributed by atoms with Crippen LogP contribution in [0.2, 0.25) is 0 Å². The normalized spacial score (nSPS) is 31.1. The van der Waals surface area contributed by atoms with Crippen LogP contribution in [0.4, 0.5) is 0 Å². The van der Waals surface area contributed by atoms with E-state index in [1.165, 1.54) is 0 Å². The van der Waals surface area contributed by atoms with Crippen LogP contribution in [-0.2, 0) is 82.4 Å². The minimum atomic E-state index is -6.18. The summed E-state index contributed by atoms with van der Waals surface area (Å²) in [5.41, 5.74) is 0. The molecule has 43 heteroatoms. The Labute approximate surface area is 303 Å². The molecule has 55 heavy (non-hydrogen) atoms. The van der Waals surface area contributed by atoms with Crippen molar-refractivity contribution >= 4 is 62.9 Å². The van der Waals surface area contributed by atoms with Gasteiger partial charge in [-0.1, -0.05) is 0 Å². The SMILES string of the molecule is O=P(O)(O)OCC1O[C@@H](O[C@@H]2C(COP(=O)(O)O)O[C@@H](OP(=O)(O)O)C(OP(=O)(O)O)[C@H]2O[P+](O)(O)O)[C@@H](OP(=O)(O)O)C(OP(=O)(O)O)[C@H]1OP(=O)(O)O. The largest absolute Gasteiger partial charge is 0.567 e. The maximum atomic E-state index is 12.0. The lowest BCUT2D eigenvalue weighted by atomic mass is 9.97. The van der Waals surface area contributed by atoms with Gasteiger partial charge in [-0.3, -0.25) is 31.7 Å². The minimum absolute atomic E-state index is 1.73. The summed E-state index contributed by atoms with van der Waals surface area (Å²) in [6.07, 6.45) is -29.7. The number of rotatable bonds is 20. The Bertz CT molecular complexity index is 1620. The van der Waals surface area contributed by atoms with Crippen LogP contribution in [0.15, 0.2) is 0 Å². The maximum absolute atomic E-state index is 12.0. The van der Waals surface area contributed by atoms with E-state index in [0.29, 0.717) is 0 Å². The fourth-order valence-corrected chi connectivity index (χ4v) is 8.30. The highest BCUT2D eigenvalue weighted by atomic mass is 31.2. The smallest absolute Gasteiger partial charge is 0.341 e. The molecule has 2 fully saturated rings. The third-order valence-corrected chi connectivity index (χ3v) is 9.88. The Hall–Kier alpha value is 0.920. The van der Waals surface area contributed by atoms with Gasteiger partial charge in [0, 0.05) is 0 Å². The van der Waals surface area contributed by atoms with Crippen molar-refractivity contribution in [1.82, 2.24) is 0 Å². The van der Waals surface area contributed by atoms with Gasteiger partial charge in [-0.2, -0.15) is 14.7 Å². The third kappa shape index (κ3) is 20.4. The van der Waals surface area contributed by atoms with E-state index in [4.69, 9.17) is 14.2 Å². The van der Waals surface area contributed by atoms with Gasteiger partial charge in [-0.25, -0.2) is 32.0 Å². The van der Waals surface area contributed by atoms with Crippen molar-refractivity contribution < 1.29 is 166 Å². The summed E-state index contributed by atoms with van der Waals surface area (Å²) in [4.78, 5) is 161. The van der Waals surface area contributed by atoms with Crippen molar-refractivity contribution in [2.45, 2.75) is 61.4 Å². The fourth-order valence-electron chi connectivity index (χ4n) is 4.40. The van der Waals surface area contributed by atoms with Crippen LogP contribution in [0.5, 0.6) is 0 Å². The van der Waals surface area contributed by atoms with Crippen LogP contribution in [-0.4, -0.2) is 158 Å². The molecule has 2 aliphatic rings. The summed E-state index contributed by atoms with van der Waals surface area (Å²) in [5, 5.41) is 0. The molecule has 0 spiro atoms. The molecule has 2 rings (SSSR count). The Morgan fingerprint density at radius 3 is 1.09 bits per heavy atom. The van der Waals surface area contributed by atoms with E-state index in [9.17, 15) is 115 Å². The van der Waals surface area contributed by atoms with Crippen molar-refractivity contribution in [1.29, 1.82) is 0 Å². The molecule has 35 nitrogen and oxygen atoms in total. The lowest BCUT2D eigenvalue weighted by molar-refractivity contribution is -0.345. The average Bonchev–Trinajstić information content (AvgIpc) is 2.88. The van der Waals surface area contributed by atoms with Gasteiger partial charge in [0.15, 0.2) is 24.8 Å². The second-order valence-corrected chi connectivity index (χ2v) is 19.9. The average molecular weight is 983 g/mol. The van der Waals surface area contributed by atoms with E-state index >= 15 is 0 Å². The predicted octanol–water partition coefficient (Wildman–Crippen LogP) is -4.90. The zero-order valence-corrected chi connectivity index (χ0v) is 32.9. The Morgan fingerprint density at radius 2 is 0.727 bits per heavy atom. The number of phosphoric acid groups is 7. The van der Waals surface area contributed by atoms with Crippen LogP contribution in [0.3, 0.4) is 0 Å². The van der Waals surface area contributed by atoms with E-state index < -0.39 is 138 Å². The molecule has 0 aromatic heterocycles. The molecule has 2 heterocycles. The van der Waals surface area contributed by atoms with E-state index in [-0.39, 0.29) is 0 Å². The quantitative estimate of drug-likeness (QED) is 0.0508. The summed E-state index contributed by atoms with van der Waals surface area (Å²) >= 11 is 0. The summed E-state index contributed by atoms with van der Waals surface area (Å²) in [5.74, 6) is 0. The Kier molecular flexibility index (Phi) is 17.9. The first-order valence-electron chi connectivity index (χ1n) is 13.0. The molecule has 0 bridgehead atoms. The first-order valence-corrected chi connectivity index (χ1v) is 25.3. The molecule has 328 valence electrons. The topological polar surface area (TPSA) is 565 Å². The highest BCUT2D eigenvalue weighted by Gasteiger charge is 2.61. The monoisotopic (exact) mass is 983 g/mol. The lowest BCUT2D eigenvalue weighted by Crippen LogP contribution is -2.66. The van der Waals surface area contributed by atoms with E-state index in [1.54, 1.807) is 0 Å². The molecule has 0 saturated carbocycles. The number of hydrogen-bond acceptors (Lipinski definition) is 21. The Morgan fingerprint density at radius 1 is 0.400 bits per heavy atom. The van der Waals surface area contributed by atoms with E-state index in [2.05, 4.69) is 36.2 Å². The molecular formula is C12H31O35P8+. The molecule has 0 aromatic rings. The zero-order valence-electron chi connectivity index (χ0n) is 25.7. The number of ether oxygens (including phenoxy) is 3. The molecule has 10 atom stereocenters. The van der Waals surface area contributed by atoms with Gasteiger partial charge in [0.25, 0.3) is 0 Å². The standard InChI is InChI=1S/C12H30O35P8/c13-48(14,15)37-1-3-5(7(43-51(22,23)24)10(46-54(31,32)33)12(40-3)47-55(34,35)36)41-11-9(45-53(28,29)30)8(44-52(25,26)27)6(42-50(19,20)21)4(39-11)2-38-49(16,17)18/h3-12,22-24H,1-2H2,(H13-,13,14,15,16,17,18,19,20,21,25,26,27,28,29,30,31,32,33,34,35,36)/p+1/t3?,4?,5-,6+,7+,8?,9+,10?,11+,12+/m1/s1. The summed E-state index contributed by atoms with van der Waals surface area (Å²) in [6.45, 7) is -3.47. The molecule has 0 aromatic carbocycles. The van der Waals surface area contributed by atoms with E-state index in [1.807, 2.05) is 0 Å². The zero-order chi connectivity index (χ0) is 43.0. The van der Waals surface area contributed by atoms with Crippen LogP contribution in [0.1, 0.15) is 0 Å². The van der Waals surface area contributed by atoms with Crippen molar-refractivity contribution in [2.75, 3.05) is 13.2 Å². The van der Waals surface area contributed by atoms with Gasteiger partial charge < -0.3 is 82.7 Å². The molecule has 4 unspecified atom stereocenters. The third-order valence-electron chi connectivity index (χ3n) is 5.83. The van der Waals surface area contributed by atoms with Crippen LogP contribution >= 0.6 is 62.9 Å². The molecule has 17 N–H and O–H groups in total. The van der Waals surface area contributed by atoms with Crippen molar-refractivity contribution in [3.05, 3.63) is 0 Å². The molecule has 2 saturated heterocycles. The highest BCUT2D eigenvalue weighted by molar-refractivity contribution is 7.53. The summed E-state index contributed by atoms with van der Waals surface area (Å²) < 4.78 is 132. The second kappa shape index (κ2) is 18.9. The summed E-state index contributed by atoms with van der Waals surface area (Å²) in [6, 6.07) is 0. The molecule has 0 aliphatic carbocycles. The first kappa shape index (κ1) is 52.1. The molecule has 2 aliphatic heterocycles. The molecule has 0 radical (unpaired) electrons. The van der Waals surface area contributed by atoms with E-state index in [0.717, 1.165) is 0 Å². The minimum Gasteiger partial charge on any atom is -0.341 e. The van der Waals surface area contributed by atoms with Crippen molar-refractivity contribution in [3.63, 3.8) is 0 Å². The molecule has 0 amide bonds. The van der Waals surface area contributed by atoms with Crippen LogP contribution in [0, 0.1) is 0 Å². The summed E-state index contributed by atoms with van der Waals surface area (Å²) in [7, 11) is -47.8. The van der Waals surface area contributed by atoms with Gasteiger partial charge in [-0.05, 0) is 0 Å². The fraction of sp³-hybridized carbons (Fsp3) is 1.00. The highest BCUT2D eigenvalue weighted by Crippen LogP contribution is 2.55. The second-order valence-electron chi connectivity index (χ2n) is 10.2. The molecular weight excluding hydrogens is 952 g/mol.